The van der Waals surface area contributed by atoms with Crippen molar-refractivity contribution in [1.82, 2.24) is 9.97 Å². The molecule has 4 N–H and O–H groups in total. The minimum atomic E-state index is -0.598. The molecule has 0 spiro atoms. The van der Waals surface area contributed by atoms with Gasteiger partial charge in [-0.05, 0) is 26.0 Å². The number of para-hydroxylation sites is 2. The maximum absolute atomic E-state index is 11.9. The van der Waals surface area contributed by atoms with E-state index in [2.05, 4.69) is 15.3 Å². The highest BCUT2D eigenvalue weighted by Gasteiger charge is 2.26. The average Bonchev–Trinajstić information content (AvgIpc) is 2.70. The third-order valence-electron chi connectivity index (χ3n) is 2.75. The van der Waals surface area contributed by atoms with Crippen LogP contribution in [-0.4, -0.2) is 22.4 Å². The molecule has 0 aliphatic heterocycles. The molecule has 5 heteroatoms. The number of fused-ring (bicyclic) bond motifs is 1. The second kappa shape index (κ2) is 4.18. The standard InChI is InChI=1S/C12H16N4O/c1-12(2,7-13)10(17)16-11-14-8-5-3-4-6-9(8)15-11/h3-6H,7,13H2,1-2H3,(H2,14,15,16,17). The number of carbonyl (C=O) groups is 1. The molecule has 0 bridgehead atoms. The molecule has 0 aliphatic rings. The molecule has 1 aromatic heterocycles. The lowest BCUT2D eigenvalue weighted by Gasteiger charge is -2.19. The van der Waals surface area contributed by atoms with E-state index >= 15 is 0 Å². The lowest BCUT2D eigenvalue weighted by molar-refractivity contribution is -0.123. The van der Waals surface area contributed by atoms with Crippen molar-refractivity contribution in [1.29, 1.82) is 0 Å². The topological polar surface area (TPSA) is 83.8 Å². The smallest absolute Gasteiger partial charge is 0.233 e. The van der Waals surface area contributed by atoms with Gasteiger partial charge in [0.15, 0.2) is 0 Å². The zero-order valence-corrected chi connectivity index (χ0v) is 9.95. The molecule has 0 saturated carbocycles. The van der Waals surface area contributed by atoms with Gasteiger partial charge < -0.3 is 10.7 Å². The van der Waals surface area contributed by atoms with E-state index in [0.717, 1.165) is 11.0 Å². The average molecular weight is 232 g/mol. The number of imidazole rings is 1. The zero-order chi connectivity index (χ0) is 12.5. The molecular formula is C12H16N4O. The van der Waals surface area contributed by atoms with Crippen LogP contribution in [0.5, 0.6) is 0 Å². The van der Waals surface area contributed by atoms with Gasteiger partial charge in [0.25, 0.3) is 0 Å². The lowest BCUT2D eigenvalue weighted by Crippen LogP contribution is -2.37. The highest BCUT2D eigenvalue weighted by molar-refractivity contribution is 5.94. The number of hydrogen-bond acceptors (Lipinski definition) is 3. The largest absolute Gasteiger partial charge is 0.329 e. The first-order valence-corrected chi connectivity index (χ1v) is 5.49. The van der Waals surface area contributed by atoms with E-state index in [1.165, 1.54) is 0 Å². The Morgan fingerprint density at radius 2 is 2.18 bits per heavy atom. The summed E-state index contributed by atoms with van der Waals surface area (Å²) in [5.41, 5.74) is 6.67. The van der Waals surface area contributed by atoms with Gasteiger partial charge in [0.2, 0.25) is 11.9 Å². The highest BCUT2D eigenvalue weighted by atomic mass is 16.2. The molecule has 0 aliphatic carbocycles. The monoisotopic (exact) mass is 232 g/mol. The first kappa shape index (κ1) is 11.6. The first-order chi connectivity index (χ1) is 8.03. The highest BCUT2D eigenvalue weighted by Crippen LogP contribution is 2.18. The molecule has 0 fully saturated rings. The summed E-state index contributed by atoms with van der Waals surface area (Å²) in [6.07, 6.45) is 0. The predicted molar refractivity (Wildman–Crippen MR) is 67.6 cm³/mol. The number of amides is 1. The minimum absolute atomic E-state index is 0.140. The Kier molecular flexibility index (Phi) is 2.85. The van der Waals surface area contributed by atoms with Gasteiger partial charge in [-0.2, -0.15) is 0 Å². The molecule has 17 heavy (non-hydrogen) atoms. The van der Waals surface area contributed by atoms with Gasteiger partial charge in [-0.15, -0.1) is 0 Å². The number of nitrogens with zero attached hydrogens (tertiary/aromatic N) is 1. The molecule has 5 nitrogen and oxygen atoms in total. The van der Waals surface area contributed by atoms with Crippen LogP contribution in [0.25, 0.3) is 11.0 Å². The van der Waals surface area contributed by atoms with Crippen LogP contribution in [0.1, 0.15) is 13.8 Å². The summed E-state index contributed by atoms with van der Waals surface area (Å²) in [6.45, 7) is 3.88. The number of nitrogens with two attached hydrogens (primary N) is 1. The van der Waals surface area contributed by atoms with E-state index < -0.39 is 5.41 Å². The van der Waals surface area contributed by atoms with Gasteiger partial charge in [-0.1, -0.05) is 12.1 Å². The molecule has 1 heterocycles. The maximum Gasteiger partial charge on any atom is 0.233 e. The van der Waals surface area contributed by atoms with Crippen molar-refractivity contribution in [2.75, 3.05) is 11.9 Å². The van der Waals surface area contributed by atoms with Gasteiger partial charge in [-0.3, -0.25) is 10.1 Å². The summed E-state index contributed by atoms with van der Waals surface area (Å²) >= 11 is 0. The van der Waals surface area contributed by atoms with E-state index in [9.17, 15) is 4.79 Å². The summed E-state index contributed by atoms with van der Waals surface area (Å²) < 4.78 is 0. The number of carbonyl (C=O) groups excluding carboxylic acids is 1. The van der Waals surface area contributed by atoms with Gasteiger partial charge in [0.05, 0.1) is 16.4 Å². The van der Waals surface area contributed by atoms with Crippen molar-refractivity contribution < 1.29 is 4.79 Å². The zero-order valence-electron chi connectivity index (χ0n) is 9.95. The molecule has 0 saturated heterocycles. The summed E-state index contributed by atoms with van der Waals surface area (Å²) in [5.74, 6) is 0.316. The number of aromatic nitrogens is 2. The van der Waals surface area contributed by atoms with Crippen molar-refractivity contribution >= 4 is 22.9 Å². The molecule has 90 valence electrons. The first-order valence-electron chi connectivity index (χ1n) is 5.49. The van der Waals surface area contributed by atoms with Crippen molar-refractivity contribution in [2.24, 2.45) is 11.1 Å². The fourth-order valence-electron chi connectivity index (χ4n) is 1.38. The van der Waals surface area contributed by atoms with Gasteiger partial charge >= 0.3 is 0 Å². The lowest BCUT2D eigenvalue weighted by atomic mass is 9.93. The number of H-pyrrole nitrogens is 1. The van der Waals surface area contributed by atoms with Crippen LogP contribution in [0.2, 0.25) is 0 Å². The number of benzene rings is 1. The van der Waals surface area contributed by atoms with Crippen LogP contribution < -0.4 is 11.1 Å². The number of nitrogens with one attached hydrogen (secondary N) is 2. The number of rotatable bonds is 3. The fraction of sp³-hybridized carbons (Fsp3) is 0.333. The van der Waals surface area contributed by atoms with Crippen LogP contribution in [0.4, 0.5) is 5.95 Å². The van der Waals surface area contributed by atoms with Crippen molar-refractivity contribution in [2.45, 2.75) is 13.8 Å². The van der Waals surface area contributed by atoms with Gasteiger partial charge in [0, 0.05) is 6.54 Å². The molecule has 2 rings (SSSR count). The molecule has 1 amide bonds. The number of anilines is 1. The van der Waals surface area contributed by atoms with Crippen LogP contribution in [-0.2, 0) is 4.79 Å². The predicted octanol–water partition coefficient (Wildman–Crippen LogP) is 1.49. The number of hydrogen-bond donors (Lipinski definition) is 3. The summed E-state index contributed by atoms with van der Waals surface area (Å²) in [4.78, 5) is 19.2. The Hall–Kier alpha value is -1.88. The van der Waals surface area contributed by atoms with Crippen LogP contribution in [0.15, 0.2) is 24.3 Å². The fourth-order valence-corrected chi connectivity index (χ4v) is 1.38. The Balaban J connectivity index is 2.22. The summed E-state index contributed by atoms with van der Waals surface area (Å²) in [5, 5.41) is 2.74. The van der Waals surface area contributed by atoms with Gasteiger partial charge in [0.1, 0.15) is 0 Å². The van der Waals surface area contributed by atoms with E-state index in [0.29, 0.717) is 12.5 Å². The molecule has 0 unspecified atom stereocenters. The van der Waals surface area contributed by atoms with Crippen LogP contribution in [0.3, 0.4) is 0 Å². The molecule has 1 aromatic carbocycles. The SMILES string of the molecule is CC(C)(CN)C(=O)Nc1nc2ccccc2[nH]1. The quantitative estimate of drug-likeness (QED) is 0.749. The van der Waals surface area contributed by atoms with E-state index in [1.807, 2.05) is 24.3 Å². The van der Waals surface area contributed by atoms with Gasteiger partial charge in [-0.25, -0.2) is 4.98 Å². The van der Waals surface area contributed by atoms with E-state index in [-0.39, 0.29) is 5.91 Å². The van der Waals surface area contributed by atoms with E-state index in [4.69, 9.17) is 5.73 Å². The maximum atomic E-state index is 11.9. The van der Waals surface area contributed by atoms with E-state index in [1.54, 1.807) is 13.8 Å². The Morgan fingerprint density at radius 3 is 2.82 bits per heavy atom. The molecule has 2 aromatic rings. The second-order valence-electron chi connectivity index (χ2n) is 4.64. The number of aromatic amines is 1. The second-order valence-corrected chi connectivity index (χ2v) is 4.64. The van der Waals surface area contributed by atoms with Crippen molar-refractivity contribution in [3.63, 3.8) is 0 Å². The Morgan fingerprint density at radius 1 is 1.47 bits per heavy atom. The van der Waals surface area contributed by atoms with Crippen molar-refractivity contribution in [3.05, 3.63) is 24.3 Å². The van der Waals surface area contributed by atoms with Crippen molar-refractivity contribution in [3.8, 4) is 0 Å². The van der Waals surface area contributed by atoms with Crippen LogP contribution in [0, 0.1) is 5.41 Å². The third-order valence-corrected chi connectivity index (χ3v) is 2.75. The third kappa shape index (κ3) is 2.29. The molecule has 0 atom stereocenters. The summed E-state index contributed by atoms with van der Waals surface area (Å²) in [7, 11) is 0. The molecule has 0 radical (unpaired) electrons. The Labute approximate surface area is 99.4 Å². The Bertz CT molecular complexity index is 511. The van der Waals surface area contributed by atoms with Crippen LogP contribution >= 0.6 is 0 Å². The minimum Gasteiger partial charge on any atom is -0.329 e. The molecular weight excluding hydrogens is 216 g/mol. The normalized spacial score (nSPS) is 11.7. The summed E-state index contributed by atoms with van der Waals surface area (Å²) in [6, 6.07) is 7.61.